The second kappa shape index (κ2) is 9.00. The standard InChI is InChI=1S/C21H17NO4/c1-2-26-21(25)19(14-22)18(16-6-4-3-5-7-16)13-10-15-8-11-17(12-9-15)20(23)24/h3-13H,2H2,1H3,(H,23,24)/p-1/b13-10+,19-18-. The molecule has 2 rings (SSSR count). The predicted molar refractivity (Wildman–Crippen MR) is 95.4 cm³/mol. The van der Waals surface area contributed by atoms with Crippen LogP contribution in [-0.2, 0) is 9.53 Å². The molecule has 0 aliphatic heterocycles. The Balaban J connectivity index is 2.46. The Morgan fingerprint density at radius 3 is 2.27 bits per heavy atom. The maximum atomic E-state index is 12.1. The number of allylic oxidation sites excluding steroid dienone is 2. The summed E-state index contributed by atoms with van der Waals surface area (Å²) in [6, 6.07) is 17.0. The zero-order valence-corrected chi connectivity index (χ0v) is 14.1. The van der Waals surface area contributed by atoms with Crippen molar-refractivity contribution in [2.45, 2.75) is 6.92 Å². The van der Waals surface area contributed by atoms with E-state index in [-0.39, 0.29) is 17.7 Å². The highest BCUT2D eigenvalue weighted by Gasteiger charge is 2.16. The zero-order chi connectivity index (χ0) is 18.9. The number of carboxylic acids is 1. The summed E-state index contributed by atoms with van der Waals surface area (Å²) in [5.41, 5.74) is 1.81. The summed E-state index contributed by atoms with van der Waals surface area (Å²) in [4.78, 5) is 22.9. The average Bonchev–Trinajstić information content (AvgIpc) is 2.66. The third-order valence-corrected chi connectivity index (χ3v) is 3.53. The molecule has 5 heteroatoms. The molecule has 0 fully saturated rings. The number of nitriles is 1. The zero-order valence-electron chi connectivity index (χ0n) is 14.1. The SMILES string of the molecule is CCOC(=O)/C(C#N)=C(/C=C/c1ccc(C(=O)[O-])cc1)c1ccccc1. The van der Waals surface area contributed by atoms with Gasteiger partial charge in [-0.3, -0.25) is 0 Å². The number of rotatable bonds is 6. The molecule has 0 spiro atoms. The molecule has 0 aliphatic rings. The summed E-state index contributed by atoms with van der Waals surface area (Å²) < 4.78 is 4.97. The lowest BCUT2D eigenvalue weighted by atomic mass is 9.99. The van der Waals surface area contributed by atoms with Crippen molar-refractivity contribution >= 4 is 23.6 Å². The molecule has 0 N–H and O–H groups in total. The Bertz CT molecular complexity index is 888. The Hall–Kier alpha value is -3.65. The van der Waals surface area contributed by atoms with Crippen LogP contribution in [0.25, 0.3) is 11.6 Å². The smallest absolute Gasteiger partial charge is 0.349 e. The summed E-state index contributed by atoms with van der Waals surface area (Å²) in [5, 5.41) is 20.2. The van der Waals surface area contributed by atoms with Gasteiger partial charge in [0.1, 0.15) is 11.6 Å². The second-order valence-electron chi connectivity index (χ2n) is 5.23. The number of ether oxygens (including phenoxy) is 1. The van der Waals surface area contributed by atoms with E-state index in [1.165, 1.54) is 12.1 Å². The van der Waals surface area contributed by atoms with E-state index in [1.807, 2.05) is 12.1 Å². The third-order valence-electron chi connectivity index (χ3n) is 3.53. The van der Waals surface area contributed by atoms with Crippen molar-refractivity contribution in [3.8, 4) is 6.07 Å². The first kappa shape index (κ1) is 18.7. The van der Waals surface area contributed by atoms with Crippen LogP contribution >= 0.6 is 0 Å². The molecule has 0 unspecified atom stereocenters. The maximum absolute atomic E-state index is 12.1. The predicted octanol–water partition coefficient (Wildman–Crippen LogP) is 2.60. The van der Waals surface area contributed by atoms with Crippen LogP contribution in [-0.4, -0.2) is 18.5 Å². The van der Waals surface area contributed by atoms with Gasteiger partial charge in [0.25, 0.3) is 0 Å². The lowest BCUT2D eigenvalue weighted by Crippen LogP contribution is -2.21. The van der Waals surface area contributed by atoms with E-state index in [1.54, 1.807) is 55.5 Å². The summed E-state index contributed by atoms with van der Waals surface area (Å²) in [5.74, 6) is -1.94. The van der Waals surface area contributed by atoms with Crippen molar-refractivity contribution in [3.05, 3.63) is 82.9 Å². The van der Waals surface area contributed by atoms with Gasteiger partial charge in [0.2, 0.25) is 0 Å². The van der Waals surface area contributed by atoms with Gasteiger partial charge < -0.3 is 14.6 Å². The van der Waals surface area contributed by atoms with E-state index in [4.69, 9.17) is 4.74 Å². The Labute approximate surface area is 151 Å². The highest BCUT2D eigenvalue weighted by molar-refractivity contribution is 6.04. The van der Waals surface area contributed by atoms with Crippen molar-refractivity contribution in [1.82, 2.24) is 0 Å². The van der Waals surface area contributed by atoms with Gasteiger partial charge in [-0.1, -0.05) is 66.7 Å². The van der Waals surface area contributed by atoms with E-state index in [0.717, 1.165) is 0 Å². The molecule has 0 heterocycles. The van der Waals surface area contributed by atoms with E-state index >= 15 is 0 Å². The van der Waals surface area contributed by atoms with Gasteiger partial charge in [-0.05, 0) is 23.6 Å². The van der Waals surface area contributed by atoms with Crippen LogP contribution in [0.1, 0.15) is 28.4 Å². The van der Waals surface area contributed by atoms with Crippen molar-refractivity contribution in [2.24, 2.45) is 0 Å². The molecule has 0 aromatic heterocycles. The maximum Gasteiger partial charge on any atom is 0.349 e. The molecule has 0 atom stereocenters. The number of aromatic carboxylic acids is 1. The van der Waals surface area contributed by atoms with E-state index < -0.39 is 11.9 Å². The van der Waals surface area contributed by atoms with Gasteiger partial charge in [-0.25, -0.2) is 4.79 Å². The van der Waals surface area contributed by atoms with Gasteiger partial charge in [-0.15, -0.1) is 0 Å². The average molecular weight is 346 g/mol. The number of hydrogen-bond donors (Lipinski definition) is 0. The van der Waals surface area contributed by atoms with Crippen molar-refractivity contribution in [3.63, 3.8) is 0 Å². The Morgan fingerprint density at radius 1 is 1.08 bits per heavy atom. The van der Waals surface area contributed by atoms with Crippen LogP contribution in [0.2, 0.25) is 0 Å². The summed E-state index contributed by atoms with van der Waals surface area (Å²) in [7, 11) is 0. The van der Waals surface area contributed by atoms with Crippen molar-refractivity contribution in [1.29, 1.82) is 5.26 Å². The molecule has 0 bridgehead atoms. The second-order valence-corrected chi connectivity index (χ2v) is 5.23. The molecule has 0 amide bonds. The largest absolute Gasteiger partial charge is 0.545 e. The molecule has 2 aromatic rings. The molecule has 2 aromatic carbocycles. The first-order chi connectivity index (χ1) is 12.6. The number of nitrogens with zero attached hydrogens (tertiary/aromatic N) is 1. The first-order valence-electron chi connectivity index (χ1n) is 7.93. The van der Waals surface area contributed by atoms with E-state index in [2.05, 4.69) is 0 Å². The molecule has 0 saturated heterocycles. The van der Waals surface area contributed by atoms with Crippen LogP contribution in [0.5, 0.6) is 0 Å². The van der Waals surface area contributed by atoms with Crippen molar-refractivity contribution in [2.75, 3.05) is 6.61 Å². The molecule has 26 heavy (non-hydrogen) atoms. The molecule has 0 saturated carbocycles. The number of carbonyl (C=O) groups excluding carboxylic acids is 2. The molecule has 0 aliphatic carbocycles. The number of esters is 1. The number of hydrogen-bond acceptors (Lipinski definition) is 5. The monoisotopic (exact) mass is 346 g/mol. The molecule has 130 valence electrons. The minimum atomic E-state index is -1.25. The quantitative estimate of drug-likeness (QED) is 0.347. The Morgan fingerprint density at radius 2 is 1.73 bits per heavy atom. The fourth-order valence-corrected chi connectivity index (χ4v) is 2.27. The fraction of sp³-hybridized carbons (Fsp3) is 0.0952. The van der Waals surface area contributed by atoms with Gasteiger partial charge in [0.15, 0.2) is 0 Å². The lowest BCUT2D eigenvalue weighted by Gasteiger charge is -2.07. The van der Waals surface area contributed by atoms with Crippen molar-refractivity contribution < 1.29 is 19.4 Å². The molecular formula is C21H16NO4-. The van der Waals surface area contributed by atoms with Crippen LogP contribution in [0.15, 0.2) is 66.2 Å². The normalized spacial score (nSPS) is 11.5. The number of benzene rings is 2. The van der Waals surface area contributed by atoms with Crippen LogP contribution in [0.4, 0.5) is 0 Å². The topological polar surface area (TPSA) is 90.2 Å². The van der Waals surface area contributed by atoms with Crippen LogP contribution < -0.4 is 5.11 Å². The number of carboxylic acid groups (broad SMARTS) is 1. The van der Waals surface area contributed by atoms with Crippen LogP contribution in [0.3, 0.4) is 0 Å². The summed E-state index contributed by atoms with van der Waals surface area (Å²) in [6.45, 7) is 1.84. The van der Waals surface area contributed by atoms with Gasteiger partial charge >= 0.3 is 5.97 Å². The summed E-state index contributed by atoms with van der Waals surface area (Å²) >= 11 is 0. The third kappa shape index (κ3) is 4.68. The highest BCUT2D eigenvalue weighted by Crippen LogP contribution is 2.22. The fourth-order valence-electron chi connectivity index (χ4n) is 2.27. The van der Waals surface area contributed by atoms with Gasteiger partial charge in [-0.2, -0.15) is 5.26 Å². The molecular weight excluding hydrogens is 330 g/mol. The first-order valence-corrected chi connectivity index (χ1v) is 7.93. The van der Waals surface area contributed by atoms with E-state index in [0.29, 0.717) is 16.7 Å². The minimum Gasteiger partial charge on any atom is -0.545 e. The highest BCUT2D eigenvalue weighted by atomic mass is 16.5. The van der Waals surface area contributed by atoms with E-state index in [9.17, 15) is 20.0 Å². The minimum absolute atomic E-state index is 0.0743. The van der Waals surface area contributed by atoms with Gasteiger partial charge in [0.05, 0.1) is 12.6 Å². The Kier molecular flexibility index (Phi) is 6.47. The molecule has 5 nitrogen and oxygen atoms in total. The molecule has 0 radical (unpaired) electrons. The van der Waals surface area contributed by atoms with Crippen LogP contribution in [0, 0.1) is 11.3 Å². The lowest BCUT2D eigenvalue weighted by molar-refractivity contribution is -0.255. The summed E-state index contributed by atoms with van der Waals surface area (Å²) in [6.07, 6.45) is 3.33. The number of carbonyl (C=O) groups is 2. The van der Waals surface area contributed by atoms with Gasteiger partial charge in [0, 0.05) is 5.57 Å².